The normalized spacial score (nSPS) is 15.4. The molecule has 0 saturated carbocycles. The van der Waals surface area contributed by atoms with Gasteiger partial charge in [-0.1, -0.05) is 0 Å². The Bertz CT molecular complexity index is 436. The third-order valence-electron chi connectivity index (χ3n) is 3.32. The summed E-state index contributed by atoms with van der Waals surface area (Å²) in [5.41, 5.74) is 3.54. The van der Waals surface area contributed by atoms with Gasteiger partial charge in [-0.15, -0.1) is 0 Å². The molecule has 5 heteroatoms. The molecule has 17 heavy (non-hydrogen) atoms. The minimum absolute atomic E-state index is 0.0844. The number of amides is 2. The summed E-state index contributed by atoms with van der Waals surface area (Å²) in [6.45, 7) is 3.53. The Balaban J connectivity index is 2.28. The highest BCUT2D eigenvalue weighted by molar-refractivity contribution is 5.74. The molecule has 0 fully saturated rings. The van der Waals surface area contributed by atoms with E-state index in [-0.39, 0.29) is 6.03 Å². The lowest BCUT2D eigenvalue weighted by molar-refractivity contribution is 0.169. The van der Waals surface area contributed by atoms with E-state index in [0.29, 0.717) is 6.54 Å². The fourth-order valence-electron chi connectivity index (χ4n) is 2.42. The van der Waals surface area contributed by atoms with Crippen LogP contribution in [0.15, 0.2) is 0 Å². The standard InChI is InChI=1S/C12H20N4O/c1-9-10-8-16(12(17)14(2)3)7-5-6-11(10)15(4)13-9/h5-8H2,1-4H3. The van der Waals surface area contributed by atoms with Crippen LogP contribution in [0.5, 0.6) is 0 Å². The van der Waals surface area contributed by atoms with Crippen molar-refractivity contribution in [3.63, 3.8) is 0 Å². The summed E-state index contributed by atoms with van der Waals surface area (Å²) >= 11 is 0. The summed E-state index contributed by atoms with van der Waals surface area (Å²) in [5.74, 6) is 0. The van der Waals surface area contributed by atoms with Gasteiger partial charge >= 0.3 is 6.03 Å². The zero-order valence-corrected chi connectivity index (χ0v) is 11.0. The van der Waals surface area contributed by atoms with Crippen LogP contribution in [0.1, 0.15) is 23.4 Å². The van der Waals surface area contributed by atoms with Gasteiger partial charge in [0.2, 0.25) is 0 Å². The van der Waals surface area contributed by atoms with Crippen molar-refractivity contribution in [2.24, 2.45) is 7.05 Å². The van der Waals surface area contributed by atoms with Crippen LogP contribution in [0.25, 0.3) is 0 Å². The number of carbonyl (C=O) groups excluding carboxylic acids is 1. The summed E-state index contributed by atoms with van der Waals surface area (Å²) in [6.07, 6.45) is 2.01. The quantitative estimate of drug-likeness (QED) is 0.678. The Kier molecular flexibility index (Phi) is 3.09. The van der Waals surface area contributed by atoms with Crippen molar-refractivity contribution < 1.29 is 4.79 Å². The van der Waals surface area contributed by atoms with Gasteiger partial charge in [0.05, 0.1) is 12.2 Å². The molecule has 0 N–H and O–H groups in total. The zero-order chi connectivity index (χ0) is 12.6. The number of rotatable bonds is 0. The minimum Gasteiger partial charge on any atom is -0.331 e. The van der Waals surface area contributed by atoms with Crippen LogP contribution < -0.4 is 0 Å². The highest BCUT2D eigenvalue weighted by Crippen LogP contribution is 2.21. The third kappa shape index (κ3) is 2.14. The van der Waals surface area contributed by atoms with Gasteiger partial charge in [-0.25, -0.2) is 4.79 Å². The van der Waals surface area contributed by atoms with Crippen molar-refractivity contribution in [3.05, 3.63) is 17.0 Å². The van der Waals surface area contributed by atoms with E-state index in [1.54, 1.807) is 19.0 Å². The number of aryl methyl sites for hydroxylation is 2. The molecule has 0 spiro atoms. The molecule has 2 heterocycles. The molecule has 1 aliphatic heterocycles. The molecular formula is C12H20N4O. The first-order chi connectivity index (χ1) is 8.00. The molecule has 0 unspecified atom stereocenters. The van der Waals surface area contributed by atoms with Crippen LogP contribution in [0, 0.1) is 6.92 Å². The van der Waals surface area contributed by atoms with E-state index >= 15 is 0 Å². The van der Waals surface area contributed by atoms with Crippen molar-refractivity contribution in [1.29, 1.82) is 0 Å². The van der Waals surface area contributed by atoms with Gasteiger partial charge in [-0.3, -0.25) is 4.68 Å². The lowest BCUT2D eigenvalue weighted by Gasteiger charge is -2.24. The van der Waals surface area contributed by atoms with Crippen molar-refractivity contribution in [2.45, 2.75) is 26.3 Å². The lowest BCUT2D eigenvalue weighted by Crippen LogP contribution is -2.38. The maximum Gasteiger partial charge on any atom is 0.319 e. The van der Waals surface area contributed by atoms with E-state index < -0.39 is 0 Å². The number of hydrogen-bond donors (Lipinski definition) is 0. The second kappa shape index (κ2) is 4.39. The van der Waals surface area contributed by atoms with Crippen LogP contribution in [-0.2, 0) is 20.0 Å². The fraction of sp³-hybridized carbons (Fsp3) is 0.667. The summed E-state index contributed by atoms with van der Waals surface area (Å²) in [7, 11) is 5.57. The Hall–Kier alpha value is -1.52. The van der Waals surface area contributed by atoms with E-state index in [2.05, 4.69) is 5.10 Å². The van der Waals surface area contributed by atoms with Gasteiger partial charge in [0.25, 0.3) is 0 Å². The predicted octanol–water partition coefficient (Wildman–Crippen LogP) is 1.16. The fourth-order valence-corrected chi connectivity index (χ4v) is 2.42. The molecule has 1 aromatic rings. The molecule has 1 aromatic heterocycles. The van der Waals surface area contributed by atoms with Crippen LogP contribution in [0.3, 0.4) is 0 Å². The molecular weight excluding hydrogens is 216 g/mol. The molecule has 0 atom stereocenters. The molecule has 94 valence electrons. The Labute approximate surface area is 102 Å². The maximum absolute atomic E-state index is 12.0. The maximum atomic E-state index is 12.0. The van der Waals surface area contributed by atoms with Gasteiger partial charge in [0.1, 0.15) is 0 Å². The van der Waals surface area contributed by atoms with Crippen LogP contribution >= 0.6 is 0 Å². The first-order valence-corrected chi connectivity index (χ1v) is 5.98. The van der Waals surface area contributed by atoms with Crippen molar-refractivity contribution in [1.82, 2.24) is 19.6 Å². The van der Waals surface area contributed by atoms with E-state index in [1.165, 1.54) is 11.3 Å². The monoisotopic (exact) mass is 236 g/mol. The largest absolute Gasteiger partial charge is 0.331 e. The number of aromatic nitrogens is 2. The number of urea groups is 1. The topological polar surface area (TPSA) is 41.4 Å². The molecule has 5 nitrogen and oxygen atoms in total. The van der Waals surface area contributed by atoms with Gasteiger partial charge in [-0.05, 0) is 19.8 Å². The molecule has 0 radical (unpaired) electrons. The second-order valence-electron chi connectivity index (χ2n) is 4.84. The minimum atomic E-state index is 0.0844. The van der Waals surface area contributed by atoms with E-state index in [4.69, 9.17) is 0 Å². The predicted molar refractivity (Wildman–Crippen MR) is 65.8 cm³/mol. The summed E-state index contributed by atoms with van der Waals surface area (Å²) in [4.78, 5) is 15.5. The van der Waals surface area contributed by atoms with Crippen molar-refractivity contribution >= 4 is 6.03 Å². The molecule has 0 bridgehead atoms. The van der Waals surface area contributed by atoms with Crippen LogP contribution in [0.4, 0.5) is 4.79 Å². The van der Waals surface area contributed by atoms with E-state index in [0.717, 1.165) is 25.1 Å². The Morgan fingerprint density at radius 2 is 2.12 bits per heavy atom. The highest BCUT2D eigenvalue weighted by atomic mass is 16.2. The average molecular weight is 236 g/mol. The third-order valence-corrected chi connectivity index (χ3v) is 3.32. The molecule has 0 saturated heterocycles. The van der Waals surface area contributed by atoms with Gasteiger partial charge < -0.3 is 9.80 Å². The summed E-state index contributed by atoms with van der Waals surface area (Å²) in [5, 5.41) is 4.44. The molecule has 2 rings (SSSR count). The Morgan fingerprint density at radius 3 is 2.76 bits per heavy atom. The number of carbonyl (C=O) groups is 1. The Morgan fingerprint density at radius 1 is 1.41 bits per heavy atom. The van der Waals surface area contributed by atoms with Crippen LogP contribution in [-0.4, -0.2) is 46.3 Å². The van der Waals surface area contributed by atoms with E-state index in [1.807, 2.05) is 23.6 Å². The number of nitrogens with zero attached hydrogens (tertiary/aromatic N) is 4. The average Bonchev–Trinajstić information content (AvgIpc) is 2.48. The molecule has 0 aliphatic carbocycles. The smallest absolute Gasteiger partial charge is 0.319 e. The SMILES string of the molecule is Cc1nn(C)c2c1CN(C(=O)N(C)C)CCC2. The molecule has 2 amide bonds. The number of fused-ring (bicyclic) bond motifs is 1. The first kappa shape index (κ1) is 12.0. The van der Waals surface area contributed by atoms with Crippen LogP contribution in [0.2, 0.25) is 0 Å². The van der Waals surface area contributed by atoms with Crippen molar-refractivity contribution in [3.8, 4) is 0 Å². The molecule has 0 aromatic carbocycles. The summed E-state index contributed by atoms with van der Waals surface area (Å²) < 4.78 is 1.95. The zero-order valence-electron chi connectivity index (χ0n) is 11.0. The van der Waals surface area contributed by atoms with Crippen molar-refractivity contribution in [2.75, 3.05) is 20.6 Å². The van der Waals surface area contributed by atoms with Gasteiger partial charge in [-0.2, -0.15) is 5.10 Å². The highest BCUT2D eigenvalue weighted by Gasteiger charge is 2.23. The lowest BCUT2D eigenvalue weighted by atomic mass is 10.1. The van der Waals surface area contributed by atoms with Gasteiger partial charge in [0, 0.05) is 38.9 Å². The molecule has 1 aliphatic rings. The first-order valence-electron chi connectivity index (χ1n) is 5.98. The summed E-state index contributed by atoms with van der Waals surface area (Å²) in [6, 6.07) is 0.0844. The second-order valence-corrected chi connectivity index (χ2v) is 4.84. The van der Waals surface area contributed by atoms with E-state index in [9.17, 15) is 4.79 Å². The number of hydrogen-bond acceptors (Lipinski definition) is 2. The van der Waals surface area contributed by atoms with Gasteiger partial charge in [0.15, 0.2) is 0 Å².